The number of hydrogen-bond acceptors (Lipinski definition) is 2. The second-order valence-electron chi connectivity index (χ2n) is 5.45. The Bertz CT molecular complexity index is 638. The van der Waals surface area contributed by atoms with Gasteiger partial charge in [0.15, 0.2) is 4.77 Å². The lowest BCUT2D eigenvalue weighted by atomic mass is 9.97. The van der Waals surface area contributed by atoms with Crippen LogP contribution in [0.4, 0.5) is 4.39 Å². The molecule has 0 aliphatic carbocycles. The van der Waals surface area contributed by atoms with Crippen molar-refractivity contribution in [2.24, 2.45) is 5.92 Å². The zero-order chi connectivity index (χ0) is 13.4. The Balaban J connectivity index is 1.90. The number of rotatable bonds is 2. The van der Waals surface area contributed by atoms with Crippen molar-refractivity contribution in [2.45, 2.75) is 19.4 Å². The molecule has 1 N–H and O–H groups in total. The monoisotopic (exact) mass is 279 g/mol. The molecule has 1 aromatic carbocycles. The number of nitrogens with one attached hydrogen (secondary N) is 1. The van der Waals surface area contributed by atoms with Crippen molar-refractivity contribution in [3.8, 4) is 0 Å². The van der Waals surface area contributed by atoms with Gasteiger partial charge in [-0.3, -0.25) is 0 Å². The Morgan fingerprint density at radius 1 is 1.37 bits per heavy atom. The molecule has 1 fully saturated rings. The van der Waals surface area contributed by atoms with Crippen LogP contribution >= 0.6 is 12.2 Å². The average Bonchev–Trinajstić information content (AvgIpc) is 2.69. The van der Waals surface area contributed by atoms with Gasteiger partial charge in [0.25, 0.3) is 0 Å². The van der Waals surface area contributed by atoms with Crippen LogP contribution in [0.1, 0.15) is 12.8 Å². The van der Waals surface area contributed by atoms with Gasteiger partial charge in [0.05, 0.1) is 11.0 Å². The number of H-pyrrole nitrogens is 1. The predicted octanol–water partition coefficient (Wildman–Crippen LogP) is 3.18. The summed E-state index contributed by atoms with van der Waals surface area (Å²) >= 11 is 5.36. The number of benzene rings is 1. The first-order valence-electron chi connectivity index (χ1n) is 6.70. The third-order valence-electron chi connectivity index (χ3n) is 4.02. The van der Waals surface area contributed by atoms with E-state index in [0.717, 1.165) is 30.7 Å². The molecule has 2 aromatic rings. The lowest BCUT2D eigenvalue weighted by molar-refractivity contribution is 0.206. The molecule has 102 valence electrons. The fourth-order valence-electron chi connectivity index (χ4n) is 2.81. The minimum Gasteiger partial charge on any atom is -0.331 e. The normalized spacial score (nSPS) is 18.2. The highest BCUT2D eigenvalue weighted by Gasteiger charge is 2.18. The molecule has 1 aliphatic heterocycles. The van der Waals surface area contributed by atoms with Crippen LogP contribution in [0.5, 0.6) is 0 Å². The van der Waals surface area contributed by atoms with Gasteiger partial charge in [0.1, 0.15) is 5.82 Å². The SMILES string of the molecule is CN1CCC(Cn2c(=S)[nH]c3ccc(F)cc32)CC1. The van der Waals surface area contributed by atoms with Crippen molar-refractivity contribution in [3.05, 3.63) is 28.8 Å². The van der Waals surface area contributed by atoms with Crippen molar-refractivity contribution < 1.29 is 4.39 Å². The highest BCUT2D eigenvalue weighted by molar-refractivity contribution is 7.71. The van der Waals surface area contributed by atoms with E-state index in [0.29, 0.717) is 10.7 Å². The highest BCUT2D eigenvalue weighted by Crippen LogP contribution is 2.22. The molecule has 1 aliphatic rings. The van der Waals surface area contributed by atoms with E-state index >= 15 is 0 Å². The van der Waals surface area contributed by atoms with Crippen molar-refractivity contribution in [1.82, 2.24) is 14.5 Å². The van der Waals surface area contributed by atoms with E-state index in [1.54, 1.807) is 12.1 Å². The van der Waals surface area contributed by atoms with Crippen LogP contribution < -0.4 is 0 Å². The van der Waals surface area contributed by atoms with E-state index < -0.39 is 0 Å². The van der Waals surface area contributed by atoms with E-state index in [1.165, 1.54) is 18.9 Å². The van der Waals surface area contributed by atoms with Gasteiger partial charge in [0.2, 0.25) is 0 Å². The van der Waals surface area contributed by atoms with Crippen molar-refractivity contribution in [2.75, 3.05) is 20.1 Å². The van der Waals surface area contributed by atoms with Gasteiger partial charge < -0.3 is 14.5 Å². The summed E-state index contributed by atoms with van der Waals surface area (Å²) in [6.07, 6.45) is 2.36. The Hall–Kier alpha value is -1.20. The van der Waals surface area contributed by atoms with Crippen LogP contribution in [0.15, 0.2) is 18.2 Å². The zero-order valence-electron chi connectivity index (χ0n) is 11.0. The van der Waals surface area contributed by atoms with E-state index in [-0.39, 0.29) is 5.82 Å². The van der Waals surface area contributed by atoms with Gasteiger partial charge in [-0.25, -0.2) is 4.39 Å². The smallest absolute Gasteiger partial charge is 0.178 e. The number of nitrogens with zero attached hydrogens (tertiary/aromatic N) is 2. The van der Waals surface area contributed by atoms with E-state index in [1.807, 2.05) is 4.57 Å². The molecule has 0 spiro atoms. The molecular weight excluding hydrogens is 261 g/mol. The summed E-state index contributed by atoms with van der Waals surface area (Å²) in [5.74, 6) is 0.420. The Labute approximate surface area is 117 Å². The number of likely N-dealkylation sites (tertiary alicyclic amines) is 1. The van der Waals surface area contributed by atoms with Crippen molar-refractivity contribution >= 4 is 23.3 Å². The van der Waals surface area contributed by atoms with Crippen LogP contribution in [-0.2, 0) is 6.54 Å². The standard InChI is InChI=1S/C14H18FN3S/c1-17-6-4-10(5-7-17)9-18-13-8-11(15)2-3-12(13)16-14(18)19/h2-3,8,10H,4-7,9H2,1H3,(H,16,19). The molecule has 3 rings (SSSR count). The number of aromatic nitrogens is 2. The summed E-state index contributed by atoms with van der Waals surface area (Å²) in [5, 5.41) is 0. The van der Waals surface area contributed by atoms with Gasteiger partial charge >= 0.3 is 0 Å². The van der Waals surface area contributed by atoms with E-state index in [2.05, 4.69) is 16.9 Å². The number of imidazole rings is 1. The minimum atomic E-state index is -0.210. The summed E-state index contributed by atoms with van der Waals surface area (Å²) in [6.45, 7) is 3.15. The van der Waals surface area contributed by atoms with E-state index in [4.69, 9.17) is 12.2 Å². The minimum absolute atomic E-state index is 0.210. The molecule has 0 atom stereocenters. The summed E-state index contributed by atoms with van der Waals surface area (Å²) in [6, 6.07) is 4.79. The summed E-state index contributed by atoms with van der Waals surface area (Å²) < 4.78 is 16.1. The third kappa shape index (κ3) is 2.58. The first-order chi connectivity index (χ1) is 9.13. The van der Waals surface area contributed by atoms with Gasteiger partial charge in [-0.15, -0.1) is 0 Å². The summed E-state index contributed by atoms with van der Waals surface area (Å²) in [7, 11) is 2.16. The van der Waals surface area contributed by atoms with Gasteiger partial charge in [-0.1, -0.05) is 0 Å². The number of fused-ring (bicyclic) bond motifs is 1. The fourth-order valence-corrected chi connectivity index (χ4v) is 3.09. The Kier molecular flexibility index (Phi) is 3.41. The molecule has 0 unspecified atom stereocenters. The zero-order valence-corrected chi connectivity index (χ0v) is 11.8. The summed E-state index contributed by atoms with van der Waals surface area (Å²) in [4.78, 5) is 5.51. The predicted molar refractivity (Wildman–Crippen MR) is 77.3 cm³/mol. The van der Waals surface area contributed by atoms with Crippen LogP contribution in [-0.4, -0.2) is 34.6 Å². The van der Waals surface area contributed by atoms with Gasteiger partial charge in [0, 0.05) is 6.54 Å². The highest BCUT2D eigenvalue weighted by atomic mass is 32.1. The maximum absolute atomic E-state index is 13.4. The Morgan fingerprint density at radius 2 is 2.11 bits per heavy atom. The molecule has 1 saturated heterocycles. The topological polar surface area (TPSA) is 24.0 Å². The number of aromatic amines is 1. The molecule has 0 radical (unpaired) electrons. The lowest BCUT2D eigenvalue weighted by Crippen LogP contribution is -2.31. The third-order valence-corrected chi connectivity index (χ3v) is 4.34. The van der Waals surface area contributed by atoms with Crippen LogP contribution in [0.3, 0.4) is 0 Å². The molecule has 1 aromatic heterocycles. The number of piperidine rings is 1. The average molecular weight is 279 g/mol. The summed E-state index contributed by atoms with van der Waals surface area (Å²) in [5.41, 5.74) is 1.79. The first-order valence-corrected chi connectivity index (χ1v) is 7.11. The maximum Gasteiger partial charge on any atom is 0.178 e. The Morgan fingerprint density at radius 3 is 2.84 bits per heavy atom. The van der Waals surface area contributed by atoms with Gasteiger partial charge in [-0.05, 0) is 69.3 Å². The van der Waals surface area contributed by atoms with Crippen LogP contribution in [0.25, 0.3) is 11.0 Å². The molecule has 0 bridgehead atoms. The molecule has 19 heavy (non-hydrogen) atoms. The fraction of sp³-hybridized carbons (Fsp3) is 0.500. The largest absolute Gasteiger partial charge is 0.331 e. The first kappa shape index (κ1) is 12.8. The molecular formula is C14H18FN3S. The number of halogens is 1. The molecule has 2 heterocycles. The second-order valence-corrected chi connectivity index (χ2v) is 5.84. The van der Waals surface area contributed by atoms with Gasteiger partial charge in [-0.2, -0.15) is 0 Å². The quantitative estimate of drug-likeness (QED) is 0.854. The molecule has 3 nitrogen and oxygen atoms in total. The second kappa shape index (κ2) is 5.06. The maximum atomic E-state index is 13.4. The van der Waals surface area contributed by atoms with E-state index in [9.17, 15) is 4.39 Å². The number of hydrogen-bond donors (Lipinski definition) is 1. The molecule has 5 heteroatoms. The van der Waals surface area contributed by atoms with Crippen LogP contribution in [0, 0.1) is 16.5 Å². The lowest BCUT2D eigenvalue weighted by Gasteiger charge is -2.29. The van der Waals surface area contributed by atoms with Crippen molar-refractivity contribution in [3.63, 3.8) is 0 Å². The van der Waals surface area contributed by atoms with Crippen LogP contribution in [0.2, 0.25) is 0 Å². The van der Waals surface area contributed by atoms with Crippen molar-refractivity contribution in [1.29, 1.82) is 0 Å². The molecule has 0 saturated carbocycles. The molecule has 0 amide bonds.